The van der Waals surface area contributed by atoms with Gasteiger partial charge in [-0.15, -0.1) is 0 Å². The third kappa shape index (κ3) is 8.34. The van der Waals surface area contributed by atoms with Gasteiger partial charge >= 0.3 is 0 Å². The van der Waals surface area contributed by atoms with Crippen molar-refractivity contribution in [2.75, 3.05) is 32.1 Å². The third-order valence-electron chi connectivity index (χ3n) is 8.20. The molecule has 0 aromatic heterocycles. The second-order valence-electron chi connectivity index (χ2n) is 11.2. The van der Waals surface area contributed by atoms with Gasteiger partial charge in [-0.2, -0.15) is 12.7 Å². The summed E-state index contributed by atoms with van der Waals surface area (Å²) in [5.41, 5.74) is 7.29. The van der Waals surface area contributed by atoms with E-state index in [1.165, 1.54) is 16.4 Å². The molecule has 0 spiro atoms. The number of nitrogens with zero attached hydrogens (tertiary/aromatic N) is 2. The lowest BCUT2D eigenvalue weighted by atomic mass is 9.82. The van der Waals surface area contributed by atoms with Gasteiger partial charge in [0.2, 0.25) is 15.9 Å². The molecule has 1 amide bonds. The fourth-order valence-corrected chi connectivity index (χ4v) is 7.80. The Morgan fingerprint density at radius 2 is 1.53 bits per heavy atom. The van der Waals surface area contributed by atoms with Crippen molar-refractivity contribution < 1.29 is 44.1 Å². The number of hydrogen-bond acceptors (Lipinski definition) is 7. The van der Waals surface area contributed by atoms with E-state index in [1.54, 1.807) is 17.0 Å². The molecule has 2 aromatic carbocycles. The predicted molar refractivity (Wildman–Crippen MR) is 152 cm³/mol. The maximum atomic E-state index is 14.0. The Morgan fingerprint density at radius 1 is 0.977 bits per heavy atom. The highest BCUT2D eigenvalue weighted by Crippen LogP contribution is 2.40. The van der Waals surface area contributed by atoms with E-state index in [-0.39, 0.29) is 48.0 Å². The van der Waals surface area contributed by atoms with Crippen LogP contribution in [0.3, 0.4) is 0 Å². The molecule has 3 aliphatic rings. The molecule has 3 saturated heterocycles. The van der Waals surface area contributed by atoms with E-state index in [0.717, 1.165) is 24.5 Å². The Labute approximate surface area is 249 Å². The van der Waals surface area contributed by atoms with Crippen LogP contribution in [0.1, 0.15) is 36.8 Å². The second-order valence-corrected chi connectivity index (χ2v) is 14.6. The van der Waals surface area contributed by atoms with Gasteiger partial charge in [0.25, 0.3) is 10.1 Å². The molecule has 3 heterocycles. The number of ether oxygens (including phenoxy) is 1. The maximum absolute atomic E-state index is 14.0. The molecule has 4 atom stereocenters. The highest BCUT2D eigenvalue weighted by Gasteiger charge is 2.45. The fraction of sp³-hybridized carbons (Fsp3) is 0.536. The summed E-state index contributed by atoms with van der Waals surface area (Å²) in [4.78, 5) is 14.6. The molecule has 0 aliphatic carbocycles. The van der Waals surface area contributed by atoms with Crippen LogP contribution in [0.25, 0.3) is 0 Å². The predicted octanol–water partition coefficient (Wildman–Crippen LogP) is 2.65. The number of halogens is 3. The molecule has 0 radical (unpaired) electrons. The lowest BCUT2D eigenvalue weighted by molar-refractivity contribution is -0.133. The summed E-state index contributed by atoms with van der Waals surface area (Å²) in [5, 5.41) is 0. The first kappa shape index (κ1) is 33.3. The number of amides is 1. The zero-order valence-electron chi connectivity index (χ0n) is 23.7. The molecule has 2 aromatic rings. The van der Waals surface area contributed by atoms with E-state index in [4.69, 9.17) is 15.0 Å². The topological polar surface area (TPSA) is 147 Å². The van der Waals surface area contributed by atoms with Gasteiger partial charge in [0.1, 0.15) is 11.6 Å². The number of benzene rings is 2. The van der Waals surface area contributed by atoms with E-state index in [9.17, 15) is 34.8 Å². The van der Waals surface area contributed by atoms with Crippen LogP contribution in [0, 0.1) is 30.3 Å². The van der Waals surface area contributed by atoms with Gasteiger partial charge in [0, 0.05) is 37.3 Å². The lowest BCUT2D eigenvalue weighted by Gasteiger charge is -2.41. The Bertz CT molecular complexity index is 1500. The van der Waals surface area contributed by atoms with E-state index in [1.807, 2.05) is 6.92 Å². The lowest BCUT2D eigenvalue weighted by Crippen LogP contribution is -2.53. The number of aryl methyl sites for hydroxylation is 1. The quantitative estimate of drug-likeness (QED) is 0.345. The Balaban J connectivity index is 0.000000324. The first-order valence-corrected chi connectivity index (χ1v) is 17.0. The second kappa shape index (κ2) is 13.6. The zero-order valence-corrected chi connectivity index (χ0v) is 25.3. The van der Waals surface area contributed by atoms with Crippen molar-refractivity contribution >= 4 is 26.0 Å². The first-order valence-electron chi connectivity index (χ1n) is 14.0. The number of hydrogen-bond donors (Lipinski definition) is 2. The standard InChI is InChI=1S/C21H28F3N3O4S.C7H8O3S/c22-17-11-19(24)18(23)9-13(17)10-20(25)14-7-15-1-2-16(8-14)27(15)21(28)12-32(29,30)26-3-5-31-6-4-26;1-6-2-4-7(5-3-6)11(8,9)10/h9,11,14-16,20H,1-8,10,12,25H2;2-5H,1H3,(H,8,9,10)/t14-,15-,16+,20-;/m1./s1. The van der Waals surface area contributed by atoms with Gasteiger partial charge in [-0.3, -0.25) is 9.35 Å². The molecular formula is C28H36F3N3O7S2. The van der Waals surface area contributed by atoms with Crippen LogP contribution in [-0.2, 0) is 36.1 Å². The molecule has 43 heavy (non-hydrogen) atoms. The van der Waals surface area contributed by atoms with Crippen LogP contribution in [0.5, 0.6) is 0 Å². The Morgan fingerprint density at radius 3 is 2.09 bits per heavy atom. The van der Waals surface area contributed by atoms with Crippen molar-refractivity contribution in [3.05, 3.63) is 65.0 Å². The van der Waals surface area contributed by atoms with Gasteiger partial charge in [-0.05, 0) is 68.7 Å². The highest BCUT2D eigenvalue weighted by atomic mass is 32.2. The highest BCUT2D eigenvalue weighted by molar-refractivity contribution is 7.89. The Hall–Kier alpha value is -2.56. The third-order valence-corrected chi connectivity index (χ3v) is 10.8. The van der Waals surface area contributed by atoms with Crippen molar-refractivity contribution in [3.8, 4) is 0 Å². The van der Waals surface area contributed by atoms with Crippen molar-refractivity contribution in [2.45, 2.75) is 62.0 Å². The van der Waals surface area contributed by atoms with Crippen molar-refractivity contribution in [3.63, 3.8) is 0 Å². The van der Waals surface area contributed by atoms with E-state index in [0.29, 0.717) is 32.1 Å². The first-order chi connectivity index (χ1) is 20.2. The zero-order chi connectivity index (χ0) is 31.5. The van der Waals surface area contributed by atoms with Gasteiger partial charge in [0.05, 0.1) is 18.1 Å². The number of morpholine rings is 1. The smallest absolute Gasteiger partial charge is 0.294 e. The summed E-state index contributed by atoms with van der Waals surface area (Å²) >= 11 is 0. The fourth-order valence-electron chi connectivity index (χ4n) is 5.97. The number of sulfonamides is 1. The molecule has 0 saturated carbocycles. The van der Waals surface area contributed by atoms with Crippen molar-refractivity contribution in [2.24, 2.45) is 11.7 Å². The van der Waals surface area contributed by atoms with Crippen LogP contribution in [0.2, 0.25) is 0 Å². The molecule has 238 valence electrons. The van der Waals surface area contributed by atoms with Crippen molar-refractivity contribution in [1.29, 1.82) is 0 Å². The molecule has 5 rings (SSSR count). The van der Waals surface area contributed by atoms with Crippen LogP contribution in [0.4, 0.5) is 13.2 Å². The average Bonchev–Trinajstić information content (AvgIpc) is 3.21. The van der Waals surface area contributed by atoms with Crippen LogP contribution in [0.15, 0.2) is 41.3 Å². The van der Waals surface area contributed by atoms with Gasteiger partial charge in [-0.25, -0.2) is 21.6 Å². The minimum atomic E-state index is -4.02. The largest absolute Gasteiger partial charge is 0.379 e. The number of fused-ring (bicyclic) bond motifs is 2. The molecule has 3 N–H and O–H groups in total. The normalized spacial score (nSPS) is 23.4. The molecular weight excluding hydrogens is 611 g/mol. The molecule has 3 fully saturated rings. The maximum Gasteiger partial charge on any atom is 0.294 e. The number of carbonyl (C=O) groups is 1. The van der Waals surface area contributed by atoms with Gasteiger partial charge in [0.15, 0.2) is 11.6 Å². The molecule has 10 nitrogen and oxygen atoms in total. The molecule has 2 bridgehead atoms. The summed E-state index contributed by atoms with van der Waals surface area (Å²) in [6, 6.07) is 6.64. The van der Waals surface area contributed by atoms with Gasteiger partial charge in [-0.1, -0.05) is 17.7 Å². The van der Waals surface area contributed by atoms with E-state index < -0.39 is 55.3 Å². The monoisotopic (exact) mass is 647 g/mol. The molecule has 3 aliphatic heterocycles. The number of piperidine rings is 1. The van der Waals surface area contributed by atoms with Crippen LogP contribution in [-0.4, -0.2) is 86.7 Å². The number of carbonyl (C=O) groups excluding carboxylic acids is 1. The SMILES string of the molecule is Cc1ccc(S(=O)(=O)O)cc1.N[C@H](Cc1cc(F)c(F)cc1F)[C@@H]1C[C@H]2CC[C@@H](C1)N2C(=O)CS(=O)(=O)N1CCOCC1. The summed E-state index contributed by atoms with van der Waals surface area (Å²) in [6.45, 7) is 2.98. The van der Waals surface area contributed by atoms with Crippen LogP contribution < -0.4 is 5.73 Å². The van der Waals surface area contributed by atoms with Crippen molar-refractivity contribution in [1.82, 2.24) is 9.21 Å². The Kier molecular flexibility index (Phi) is 10.6. The summed E-state index contributed by atoms with van der Waals surface area (Å²) in [5.74, 6) is -4.17. The average molecular weight is 648 g/mol. The minimum Gasteiger partial charge on any atom is -0.379 e. The van der Waals surface area contributed by atoms with Crippen LogP contribution >= 0.6 is 0 Å². The summed E-state index contributed by atoms with van der Waals surface area (Å²) < 4.78 is 102. The summed E-state index contributed by atoms with van der Waals surface area (Å²) in [7, 11) is -7.72. The molecule has 15 heteroatoms. The van der Waals surface area contributed by atoms with E-state index in [2.05, 4.69) is 0 Å². The molecule has 0 unspecified atom stereocenters. The van der Waals surface area contributed by atoms with E-state index >= 15 is 0 Å². The number of nitrogens with two attached hydrogens (primary N) is 1. The van der Waals surface area contributed by atoms with Gasteiger partial charge < -0.3 is 15.4 Å². The number of rotatable bonds is 7. The summed E-state index contributed by atoms with van der Waals surface area (Å²) in [6.07, 6.45) is 2.73. The minimum absolute atomic E-state index is 0.0267.